The molecule has 1 heterocycles. The van der Waals surface area contributed by atoms with E-state index >= 15 is 0 Å². The lowest BCUT2D eigenvalue weighted by molar-refractivity contribution is 0.602. The Hall–Kier alpha value is 0.0400. The van der Waals surface area contributed by atoms with Crippen molar-refractivity contribution >= 4 is 44.8 Å². The summed E-state index contributed by atoms with van der Waals surface area (Å²) in [5, 5.41) is 1.20. The summed E-state index contributed by atoms with van der Waals surface area (Å²) in [6, 6.07) is 3.93. The standard InChI is InChI=1S/C11H13BrCl2N2/c12-8-1-2-9(11(14)10(8)13)16-4-3-7(5-15)6-16/h1-2,7H,3-6,15H2. The zero-order valence-electron chi connectivity index (χ0n) is 8.72. The van der Waals surface area contributed by atoms with E-state index in [4.69, 9.17) is 28.9 Å². The summed E-state index contributed by atoms with van der Waals surface area (Å²) in [6.45, 7) is 2.70. The lowest BCUT2D eigenvalue weighted by Crippen LogP contribution is -2.22. The quantitative estimate of drug-likeness (QED) is 0.843. The van der Waals surface area contributed by atoms with E-state index in [2.05, 4.69) is 20.8 Å². The van der Waals surface area contributed by atoms with Crippen molar-refractivity contribution < 1.29 is 0 Å². The number of hydrogen-bond acceptors (Lipinski definition) is 2. The second kappa shape index (κ2) is 5.13. The molecular weight excluding hydrogens is 311 g/mol. The van der Waals surface area contributed by atoms with Crippen LogP contribution in [0, 0.1) is 5.92 Å². The molecule has 1 fully saturated rings. The lowest BCUT2D eigenvalue weighted by atomic mass is 10.1. The van der Waals surface area contributed by atoms with E-state index in [9.17, 15) is 0 Å². The van der Waals surface area contributed by atoms with Gasteiger partial charge in [0, 0.05) is 17.6 Å². The maximum absolute atomic E-state index is 6.23. The van der Waals surface area contributed by atoms with Crippen LogP contribution in [0.25, 0.3) is 0 Å². The van der Waals surface area contributed by atoms with Gasteiger partial charge in [0.25, 0.3) is 0 Å². The van der Waals surface area contributed by atoms with E-state index < -0.39 is 0 Å². The molecule has 0 saturated carbocycles. The molecule has 1 aromatic rings. The van der Waals surface area contributed by atoms with Gasteiger partial charge in [-0.1, -0.05) is 23.2 Å². The maximum atomic E-state index is 6.23. The van der Waals surface area contributed by atoms with Gasteiger partial charge in [0.2, 0.25) is 0 Å². The number of nitrogens with two attached hydrogens (primary N) is 1. The molecule has 1 atom stereocenters. The Morgan fingerprint density at radius 3 is 2.75 bits per heavy atom. The predicted octanol–water partition coefficient (Wildman–Crippen LogP) is 3.54. The Kier molecular flexibility index (Phi) is 4.01. The molecule has 0 amide bonds. The van der Waals surface area contributed by atoms with Crippen molar-refractivity contribution in [2.75, 3.05) is 24.5 Å². The highest BCUT2D eigenvalue weighted by Gasteiger charge is 2.23. The van der Waals surface area contributed by atoms with Crippen LogP contribution in [-0.4, -0.2) is 19.6 Å². The average Bonchev–Trinajstić information content (AvgIpc) is 2.74. The molecule has 0 spiro atoms. The van der Waals surface area contributed by atoms with Gasteiger partial charge in [-0.2, -0.15) is 0 Å². The minimum absolute atomic E-state index is 0.568. The molecule has 5 heteroatoms. The topological polar surface area (TPSA) is 29.3 Å². The maximum Gasteiger partial charge on any atom is 0.0837 e. The van der Waals surface area contributed by atoms with Crippen LogP contribution < -0.4 is 10.6 Å². The molecule has 1 unspecified atom stereocenters. The fraction of sp³-hybridized carbons (Fsp3) is 0.455. The van der Waals surface area contributed by atoms with E-state index in [1.165, 1.54) is 0 Å². The first kappa shape index (κ1) is 12.5. The first-order valence-corrected chi connectivity index (χ1v) is 6.77. The van der Waals surface area contributed by atoms with Gasteiger partial charge in [-0.3, -0.25) is 0 Å². The monoisotopic (exact) mass is 322 g/mol. The minimum atomic E-state index is 0.568. The number of hydrogen-bond donors (Lipinski definition) is 1. The molecule has 1 aromatic carbocycles. The number of halogens is 3. The highest BCUT2D eigenvalue weighted by molar-refractivity contribution is 9.10. The van der Waals surface area contributed by atoms with Gasteiger partial charge in [-0.15, -0.1) is 0 Å². The third kappa shape index (κ3) is 2.33. The van der Waals surface area contributed by atoms with Crippen LogP contribution in [0.5, 0.6) is 0 Å². The van der Waals surface area contributed by atoms with Crippen molar-refractivity contribution in [2.24, 2.45) is 11.7 Å². The molecule has 2 N–H and O–H groups in total. The number of benzene rings is 1. The number of rotatable bonds is 2. The molecule has 2 nitrogen and oxygen atoms in total. The molecule has 1 saturated heterocycles. The molecular formula is C11H13BrCl2N2. The van der Waals surface area contributed by atoms with Gasteiger partial charge >= 0.3 is 0 Å². The van der Waals surface area contributed by atoms with Crippen molar-refractivity contribution in [3.63, 3.8) is 0 Å². The summed E-state index contributed by atoms with van der Waals surface area (Å²) >= 11 is 15.7. The second-order valence-corrected chi connectivity index (χ2v) is 5.64. The van der Waals surface area contributed by atoms with Crippen LogP contribution in [0.3, 0.4) is 0 Å². The van der Waals surface area contributed by atoms with Gasteiger partial charge in [-0.25, -0.2) is 0 Å². The largest absolute Gasteiger partial charge is 0.370 e. The molecule has 1 aliphatic rings. The zero-order chi connectivity index (χ0) is 11.7. The Balaban J connectivity index is 2.25. The van der Waals surface area contributed by atoms with Crippen LogP contribution in [0.4, 0.5) is 5.69 Å². The SMILES string of the molecule is NCC1CCN(c2ccc(Br)c(Cl)c2Cl)C1. The Morgan fingerprint density at radius 2 is 2.12 bits per heavy atom. The Bertz CT molecular complexity index is 398. The highest BCUT2D eigenvalue weighted by atomic mass is 79.9. The van der Waals surface area contributed by atoms with Crippen molar-refractivity contribution in [2.45, 2.75) is 6.42 Å². The average molecular weight is 324 g/mol. The first-order chi connectivity index (χ1) is 7.63. The van der Waals surface area contributed by atoms with E-state index in [-0.39, 0.29) is 0 Å². The van der Waals surface area contributed by atoms with Crippen molar-refractivity contribution in [3.05, 3.63) is 26.7 Å². The van der Waals surface area contributed by atoms with E-state index in [0.29, 0.717) is 16.0 Å². The third-order valence-electron chi connectivity index (χ3n) is 2.97. The van der Waals surface area contributed by atoms with Crippen LogP contribution in [0.2, 0.25) is 10.0 Å². The smallest absolute Gasteiger partial charge is 0.0837 e. The van der Waals surface area contributed by atoms with Crippen molar-refractivity contribution in [1.82, 2.24) is 0 Å². The number of anilines is 1. The van der Waals surface area contributed by atoms with E-state index in [1.807, 2.05) is 12.1 Å². The fourth-order valence-corrected chi connectivity index (χ4v) is 2.89. The summed E-state index contributed by atoms with van der Waals surface area (Å²) in [7, 11) is 0. The Morgan fingerprint density at radius 1 is 1.38 bits per heavy atom. The van der Waals surface area contributed by atoms with Crippen molar-refractivity contribution in [1.29, 1.82) is 0 Å². The molecule has 2 rings (SSSR count). The summed E-state index contributed by atoms with van der Waals surface area (Å²) in [4.78, 5) is 2.25. The van der Waals surface area contributed by atoms with Crippen LogP contribution in [-0.2, 0) is 0 Å². The van der Waals surface area contributed by atoms with Gasteiger partial charge in [-0.05, 0) is 46.9 Å². The van der Waals surface area contributed by atoms with Crippen LogP contribution in [0.1, 0.15) is 6.42 Å². The first-order valence-electron chi connectivity index (χ1n) is 5.22. The van der Waals surface area contributed by atoms with Crippen molar-refractivity contribution in [3.8, 4) is 0 Å². The Labute approximate surface area is 114 Å². The van der Waals surface area contributed by atoms with Crippen LogP contribution in [0.15, 0.2) is 16.6 Å². The normalized spacial score (nSPS) is 20.5. The third-order valence-corrected chi connectivity index (χ3v) is 4.74. The van der Waals surface area contributed by atoms with Gasteiger partial charge in [0.05, 0.1) is 15.7 Å². The van der Waals surface area contributed by atoms with Gasteiger partial charge in [0.1, 0.15) is 0 Å². The molecule has 88 valence electrons. The summed E-state index contributed by atoms with van der Waals surface area (Å²) in [5.74, 6) is 0.568. The zero-order valence-corrected chi connectivity index (χ0v) is 11.8. The summed E-state index contributed by atoms with van der Waals surface area (Å²) in [6.07, 6.45) is 1.13. The molecule has 0 radical (unpaired) electrons. The molecule has 0 aromatic heterocycles. The predicted molar refractivity (Wildman–Crippen MR) is 73.5 cm³/mol. The summed E-state index contributed by atoms with van der Waals surface area (Å²) < 4.78 is 0.831. The van der Waals surface area contributed by atoms with E-state index in [1.54, 1.807) is 0 Å². The fourth-order valence-electron chi connectivity index (χ4n) is 2.00. The molecule has 0 bridgehead atoms. The van der Waals surface area contributed by atoms with Crippen LogP contribution >= 0.6 is 39.1 Å². The molecule has 0 aliphatic carbocycles. The lowest BCUT2D eigenvalue weighted by Gasteiger charge is -2.20. The van der Waals surface area contributed by atoms with Gasteiger partial charge in [0.15, 0.2) is 0 Å². The second-order valence-electron chi connectivity index (χ2n) is 4.03. The highest BCUT2D eigenvalue weighted by Crippen LogP contribution is 2.39. The summed E-state index contributed by atoms with van der Waals surface area (Å²) in [5.41, 5.74) is 6.68. The molecule has 16 heavy (non-hydrogen) atoms. The minimum Gasteiger partial charge on any atom is -0.370 e. The number of nitrogens with zero attached hydrogens (tertiary/aromatic N) is 1. The van der Waals surface area contributed by atoms with E-state index in [0.717, 1.165) is 36.2 Å². The molecule has 1 aliphatic heterocycles. The van der Waals surface area contributed by atoms with Gasteiger partial charge < -0.3 is 10.6 Å².